The first-order chi connectivity index (χ1) is 13.2. The fourth-order valence-corrected chi connectivity index (χ4v) is 5.33. The Morgan fingerprint density at radius 2 is 1.79 bits per heavy atom. The highest BCUT2D eigenvalue weighted by Crippen LogP contribution is 2.22. The summed E-state index contributed by atoms with van der Waals surface area (Å²) in [6, 6.07) is 10.0. The number of rotatable bonds is 5. The van der Waals surface area contributed by atoms with Crippen LogP contribution < -0.4 is 14.7 Å². The molecule has 3 rings (SSSR count). The number of aromatic nitrogens is 1. The first kappa shape index (κ1) is 20.1. The van der Waals surface area contributed by atoms with Crippen LogP contribution in [0.2, 0.25) is 0 Å². The Morgan fingerprint density at radius 3 is 2.36 bits per heavy atom. The second kappa shape index (κ2) is 7.40. The molecule has 0 aliphatic carbocycles. The van der Waals surface area contributed by atoms with Crippen LogP contribution in [-0.2, 0) is 26.6 Å². The number of benzene rings is 2. The molecule has 0 saturated carbocycles. The topological polar surface area (TPSA) is 121 Å². The molecule has 11 heteroatoms. The van der Waals surface area contributed by atoms with Crippen LogP contribution >= 0.6 is 11.3 Å². The van der Waals surface area contributed by atoms with Crippen molar-refractivity contribution in [3.05, 3.63) is 47.3 Å². The summed E-state index contributed by atoms with van der Waals surface area (Å²) in [5.41, 5.74) is 0.555. The molecule has 0 atom stereocenters. The van der Waals surface area contributed by atoms with E-state index in [4.69, 9.17) is 16.3 Å². The van der Waals surface area contributed by atoms with E-state index in [1.165, 1.54) is 54.1 Å². The summed E-state index contributed by atoms with van der Waals surface area (Å²) in [7, 11) is -6.44. The van der Waals surface area contributed by atoms with E-state index in [0.29, 0.717) is 16.0 Å². The second-order valence-corrected chi connectivity index (χ2v) is 9.77. The van der Waals surface area contributed by atoms with Crippen molar-refractivity contribution in [1.82, 2.24) is 4.57 Å². The lowest BCUT2D eigenvalue weighted by molar-refractivity contribution is 0.414. The predicted octanol–water partition coefficient (Wildman–Crippen LogP) is 1.28. The Labute approximate surface area is 166 Å². The minimum absolute atomic E-state index is 0.0109. The number of methoxy groups -OCH3 is 1. The van der Waals surface area contributed by atoms with Gasteiger partial charge in [-0.15, -0.1) is 10.8 Å². The smallest absolute Gasteiger partial charge is 0.285 e. The summed E-state index contributed by atoms with van der Waals surface area (Å²) in [5, 5.41) is 5.16. The fraction of sp³-hybridized carbons (Fsp3) is 0.118. The molecule has 0 spiro atoms. The molecule has 3 aromatic rings. The van der Waals surface area contributed by atoms with Crippen molar-refractivity contribution >= 4 is 41.6 Å². The Hall–Kier alpha value is -2.65. The van der Waals surface area contributed by atoms with Gasteiger partial charge in [-0.05, 0) is 42.5 Å². The molecule has 0 aliphatic rings. The van der Waals surface area contributed by atoms with Crippen LogP contribution in [0.15, 0.2) is 56.7 Å². The molecule has 0 fully saturated rings. The lowest BCUT2D eigenvalue weighted by Gasteiger charge is -2.03. The van der Waals surface area contributed by atoms with E-state index in [2.05, 4.69) is 10.3 Å². The van der Waals surface area contributed by atoms with Crippen LogP contribution in [0.1, 0.15) is 0 Å². The Kier molecular flexibility index (Phi) is 5.31. The van der Waals surface area contributed by atoms with Crippen molar-refractivity contribution in [1.29, 1.82) is 0 Å². The molecule has 1 heterocycles. The van der Waals surface area contributed by atoms with Crippen LogP contribution in [0.4, 0.5) is 0 Å². The molecule has 0 saturated heterocycles. The third-order valence-electron chi connectivity index (χ3n) is 3.79. The highest BCUT2D eigenvalue weighted by molar-refractivity contribution is 7.90. The van der Waals surface area contributed by atoms with Crippen LogP contribution in [0.25, 0.3) is 10.2 Å². The summed E-state index contributed by atoms with van der Waals surface area (Å²) in [4.78, 5) is 0.0252. The van der Waals surface area contributed by atoms with Crippen LogP contribution in [0, 0.1) is 12.3 Å². The fourth-order valence-electron chi connectivity index (χ4n) is 2.45. The van der Waals surface area contributed by atoms with Gasteiger partial charge in [-0.25, -0.2) is 13.6 Å². The molecule has 2 N–H and O–H groups in total. The Balaban J connectivity index is 2.22. The summed E-state index contributed by atoms with van der Waals surface area (Å²) in [5.74, 6) is 2.96. The van der Waals surface area contributed by atoms with E-state index in [1.54, 1.807) is 0 Å². The van der Waals surface area contributed by atoms with Crippen molar-refractivity contribution in [3.63, 3.8) is 0 Å². The summed E-state index contributed by atoms with van der Waals surface area (Å²) in [6.45, 7) is 0.0612. The SMILES string of the molecule is C#CCn1/c(=N/S(=O)(=O)c2ccc(OC)cc2)sc2cc(S(N)(=O)=O)ccc21. The molecule has 0 bridgehead atoms. The zero-order valence-corrected chi connectivity index (χ0v) is 17.0. The molecular weight excluding hydrogens is 422 g/mol. The lowest BCUT2D eigenvalue weighted by Crippen LogP contribution is -2.16. The Bertz CT molecular complexity index is 1360. The van der Waals surface area contributed by atoms with Gasteiger partial charge in [-0.3, -0.25) is 0 Å². The average Bonchev–Trinajstić information content (AvgIpc) is 2.97. The maximum Gasteiger partial charge on any atom is 0.285 e. The van der Waals surface area contributed by atoms with Gasteiger partial charge >= 0.3 is 0 Å². The van der Waals surface area contributed by atoms with E-state index in [9.17, 15) is 16.8 Å². The Morgan fingerprint density at radius 1 is 1.14 bits per heavy atom. The number of fused-ring (bicyclic) bond motifs is 1. The minimum Gasteiger partial charge on any atom is -0.497 e. The van der Waals surface area contributed by atoms with Crippen LogP contribution in [0.3, 0.4) is 0 Å². The third kappa shape index (κ3) is 3.95. The molecular formula is C17H15N3O5S3. The molecule has 8 nitrogen and oxygen atoms in total. The number of ether oxygens (including phenoxy) is 1. The predicted molar refractivity (Wildman–Crippen MR) is 106 cm³/mol. The third-order valence-corrected chi connectivity index (χ3v) is 7.14. The van der Waals surface area contributed by atoms with Crippen molar-refractivity contribution in [2.45, 2.75) is 16.3 Å². The zero-order chi connectivity index (χ0) is 20.5. The van der Waals surface area contributed by atoms with Gasteiger partial charge in [-0.2, -0.15) is 8.42 Å². The number of hydrogen-bond acceptors (Lipinski definition) is 6. The highest BCUT2D eigenvalue weighted by atomic mass is 32.2. The van der Waals surface area contributed by atoms with Gasteiger partial charge in [0.1, 0.15) is 5.75 Å². The molecule has 0 amide bonds. The number of nitrogens with two attached hydrogens (primary N) is 1. The summed E-state index contributed by atoms with van der Waals surface area (Å²) >= 11 is 1.00. The van der Waals surface area contributed by atoms with E-state index >= 15 is 0 Å². The number of nitrogens with zero attached hydrogens (tertiary/aromatic N) is 2. The zero-order valence-electron chi connectivity index (χ0n) is 14.6. The molecule has 0 aliphatic heterocycles. The maximum atomic E-state index is 12.7. The normalized spacial score (nSPS) is 12.8. The molecule has 28 heavy (non-hydrogen) atoms. The molecule has 0 unspecified atom stereocenters. The van der Waals surface area contributed by atoms with Crippen molar-refractivity contribution in [2.24, 2.45) is 9.54 Å². The number of thiazole rings is 1. The molecule has 1 aromatic heterocycles. The van der Waals surface area contributed by atoms with Gasteiger partial charge in [0.2, 0.25) is 14.8 Å². The van der Waals surface area contributed by atoms with Gasteiger partial charge in [0, 0.05) is 0 Å². The van der Waals surface area contributed by atoms with E-state index in [-0.39, 0.29) is 21.1 Å². The highest BCUT2D eigenvalue weighted by Gasteiger charge is 2.16. The van der Waals surface area contributed by atoms with E-state index < -0.39 is 20.0 Å². The maximum absolute atomic E-state index is 12.7. The van der Waals surface area contributed by atoms with Gasteiger partial charge in [0.05, 0.1) is 33.7 Å². The number of terminal acetylenes is 1. The monoisotopic (exact) mass is 437 g/mol. The lowest BCUT2D eigenvalue weighted by atomic mass is 10.3. The summed E-state index contributed by atoms with van der Waals surface area (Å²) < 4.78 is 59.4. The molecule has 146 valence electrons. The first-order valence-corrected chi connectivity index (χ1v) is 11.5. The first-order valence-electron chi connectivity index (χ1n) is 7.70. The average molecular weight is 438 g/mol. The summed E-state index contributed by atoms with van der Waals surface area (Å²) in [6.07, 6.45) is 5.40. The van der Waals surface area contributed by atoms with Gasteiger partial charge in [0.25, 0.3) is 10.0 Å². The number of primary sulfonamides is 1. The quantitative estimate of drug-likeness (QED) is 0.603. The second-order valence-electron chi connectivity index (χ2n) is 5.59. The van der Waals surface area contributed by atoms with Crippen molar-refractivity contribution in [2.75, 3.05) is 7.11 Å². The van der Waals surface area contributed by atoms with Crippen molar-refractivity contribution < 1.29 is 21.6 Å². The van der Waals surface area contributed by atoms with E-state index in [1.807, 2.05) is 0 Å². The number of sulfonamides is 2. The van der Waals surface area contributed by atoms with Gasteiger partial charge in [0.15, 0.2) is 0 Å². The number of hydrogen-bond donors (Lipinski definition) is 1. The van der Waals surface area contributed by atoms with Crippen molar-refractivity contribution in [3.8, 4) is 18.1 Å². The largest absolute Gasteiger partial charge is 0.497 e. The standard InChI is InChI=1S/C17H15N3O5S3/c1-3-10-20-15-9-8-14(27(18,21)22)11-16(15)26-17(20)19-28(23,24)13-6-4-12(25-2)5-7-13/h1,4-9,11H,10H2,2H3,(H2,18,21,22)/b19-17-. The molecule has 0 radical (unpaired) electrons. The minimum atomic E-state index is -4.02. The van der Waals surface area contributed by atoms with Gasteiger partial charge < -0.3 is 9.30 Å². The van der Waals surface area contributed by atoms with E-state index in [0.717, 1.165) is 11.3 Å². The molecule has 2 aromatic carbocycles. The van der Waals surface area contributed by atoms with Crippen LogP contribution in [0.5, 0.6) is 5.75 Å². The van der Waals surface area contributed by atoms with Crippen LogP contribution in [-0.4, -0.2) is 28.5 Å². The van der Waals surface area contributed by atoms with Gasteiger partial charge in [-0.1, -0.05) is 17.3 Å².